The van der Waals surface area contributed by atoms with Gasteiger partial charge >= 0.3 is 23.9 Å². The van der Waals surface area contributed by atoms with E-state index < -0.39 is 54.6 Å². The predicted molar refractivity (Wildman–Crippen MR) is 81.1 cm³/mol. The maximum absolute atomic E-state index is 11.5. The van der Waals surface area contributed by atoms with E-state index in [1.165, 1.54) is 0 Å². The van der Waals surface area contributed by atoms with Gasteiger partial charge in [-0.15, -0.1) is 0 Å². The van der Waals surface area contributed by atoms with Crippen molar-refractivity contribution < 1.29 is 42.9 Å². The monoisotopic (exact) mass is 373 g/mol. The smallest absolute Gasteiger partial charge is 0.305 e. The van der Waals surface area contributed by atoms with Crippen LogP contribution in [-0.4, -0.2) is 61.1 Å². The van der Waals surface area contributed by atoms with Crippen LogP contribution in [0.1, 0.15) is 27.7 Å². The van der Waals surface area contributed by atoms with E-state index in [4.69, 9.17) is 29.2 Å². The molecule has 12 heteroatoms. The van der Waals surface area contributed by atoms with Crippen molar-refractivity contribution in [3.05, 3.63) is 10.4 Å². The van der Waals surface area contributed by atoms with Crippen molar-refractivity contribution in [3.63, 3.8) is 0 Å². The Morgan fingerprint density at radius 3 is 1.77 bits per heavy atom. The largest absolute Gasteiger partial charge is 0.456 e. The van der Waals surface area contributed by atoms with Crippen LogP contribution in [0, 0.1) is 0 Å². The van der Waals surface area contributed by atoms with Crippen molar-refractivity contribution in [2.75, 3.05) is 6.54 Å². The third-order valence-corrected chi connectivity index (χ3v) is 3.10. The highest BCUT2D eigenvalue weighted by molar-refractivity contribution is 5.69. The van der Waals surface area contributed by atoms with Gasteiger partial charge in [0.25, 0.3) is 0 Å². The number of ether oxygens (including phenoxy) is 5. The number of carbonyl (C=O) groups excluding carboxylic acids is 4. The Labute approximate surface area is 148 Å². The molecule has 0 saturated carbocycles. The lowest BCUT2D eigenvalue weighted by molar-refractivity contribution is -0.293. The second kappa shape index (κ2) is 9.59. The Hall–Kier alpha value is -2.85. The molecule has 0 aliphatic carbocycles. The fraction of sp³-hybridized carbons (Fsp3) is 0.714. The molecule has 0 aromatic heterocycles. The van der Waals surface area contributed by atoms with Gasteiger partial charge in [-0.1, -0.05) is 5.11 Å². The van der Waals surface area contributed by atoms with Crippen molar-refractivity contribution in [3.8, 4) is 0 Å². The van der Waals surface area contributed by atoms with E-state index in [1.807, 2.05) is 0 Å². The molecule has 26 heavy (non-hydrogen) atoms. The first kappa shape index (κ1) is 21.2. The molecule has 0 N–H and O–H groups in total. The highest BCUT2D eigenvalue weighted by atomic mass is 16.7. The van der Waals surface area contributed by atoms with Gasteiger partial charge in [0.2, 0.25) is 12.4 Å². The van der Waals surface area contributed by atoms with Gasteiger partial charge in [-0.25, -0.2) is 0 Å². The lowest BCUT2D eigenvalue weighted by Crippen LogP contribution is -2.62. The average Bonchev–Trinajstić information content (AvgIpc) is 2.49. The molecule has 144 valence electrons. The molecule has 0 aromatic rings. The SMILES string of the molecule is CC(=O)OC1O[C@@H](CN=[N+]=[N-])[C@@H](OC(C)=O)[C@@H](OC(C)=O)[C@H]1OC(C)=O. The fourth-order valence-corrected chi connectivity index (χ4v) is 2.38. The summed E-state index contributed by atoms with van der Waals surface area (Å²) in [7, 11) is 0. The van der Waals surface area contributed by atoms with Gasteiger partial charge in [0.1, 0.15) is 6.10 Å². The van der Waals surface area contributed by atoms with Gasteiger partial charge in [-0.2, -0.15) is 0 Å². The zero-order valence-corrected chi connectivity index (χ0v) is 14.6. The van der Waals surface area contributed by atoms with Crippen molar-refractivity contribution in [2.45, 2.75) is 58.4 Å². The summed E-state index contributed by atoms with van der Waals surface area (Å²) in [5.41, 5.74) is 8.51. The van der Waals surface area contributed by atoms with E-state index >= 15 is 0 Å². The van der Waals surface area contributed by atoms with Crippen molar-refractivity contribution >= 4 is 23.9 Å². The summed E-state index contributed by atoms with van der Waals surface area (Å²) in [4.78, 5) is 48.3. The molecule has 0 amide bonds. The fourth-order valence-electron chi connectivity index (χ4n) is 2.38. The second-order valence-electron chi connectivity index (χ2n) is 5.29. The Morgan fingerprint density at radius 1 is 0.846 bits per heavy atom. The van der Waals surface area contributed by atoms with Crippen LogP contribution in [0.4, 0.5) is 0 Å². The average molecular weight is 373 g/mol. The number of nitrogens with zero attached hydrogens (tertiary/aromatic N) is 3. The summed E-state index contributed by atoms with van der Waals surface area (Å²) < 4.78 is 25.8. The van der Waals surface area contributed by atoms with E-state index in [-0.39, 0.29) is 6.54 Å². The number of hydrogen-bond donors (Lipinski definition) is 0. The van der Waals surface area contributed by atoms with Crippen LogP contribution in [0.5, 0.6) is 0 Å². The molecule has 1 saturated heterocycles. The normalized spacial score (nSPS) is 27.5. The lowest BCUT2D eigenvalue weighted by Gasteiger charge is -2.43. The summed E-state index contributed by atoms with van der Waals surface area (Å²) in [5, 5.41) is 3.34. The molecule has 0 spiro atoms. The second-order valence-corrected chi connectivity index (χ2v) is 5.29. The zero-order valence-electron chi connectivity index (χ0n) is 14.6. The molecule has 0 radical (unpaired) electrons. The standard InChI is InChI=1S/C14H19N3O9/c1-6(18)22-11-10(5-16-17-15)26-14(25-9(4)21)13(24-8(3)20)12(11)23-7(2)19/h10-14H,5H2,1-4H3/t10-,11+,12+,13+,14?/m0/s1. The van der Waals surface area contributed by atoms with Crippen LogP contribution in [0.2, 0.25) is 0 Å². The minimum atomic E-state index is -1.47. The maximum atomic E-state index is 11.5. The van der Waals surface area contributed by atoms with Gasteiger partial charge in [0.15, 0.2) is 12.2 Å². The number of azide groups is 1. The Bertz CT molecular complexity index is 587. The van der Waals surface area contributed by atoms with Crippen molar-refractivity contribution in [1.82, 2.24) is 0 Å². The highest BCUT2D eigenvalue weighted by Crippen LogP contribution is 2.29. The number of carbonyl (C=O) groups is 4. The topological polar surface area (TPSA) is 163 Å². The van der Waals surface area contributed by atoms with Crippen LogP contribution in [0.3, 0.4) is 0 Å². The van der Waals surface area contributed by atoms with Gasteiger partial charge in [0.05, 0.1) is 6.54 Å². The van der Waals surface area contributed by atoms with Crippen molar-refractivity contribution in [2.24, 2.45) is 5.11 Å². The maximum Gasteiger partial charge on any atom is 0.305 e. The van der Waals surface area contributed by atoms with Crippen LogP contribution in [-0.2, 0) is 42.9 Å². The molecular formula is C14H19N3O9. The number of esters is 4. The van der Waals surface area contributed by atoms with Gasteiger partial charge in [0, 0.05) is 32.6 Å². The number of hydrogen-bond acceptors (Lipinski definition) is 10. The summed E-state index contributed by atoms with van der Waals surface area (Å²) in [6.07, 6.45) is -6.59. The first-order valence-electron chi connectivity index (χ1n) is 7.51. The third kappa shape index (κ3) is 6.22. The quantitative estimate of drug-likeness (QED) is 0.210. The minimum Gasteiger partial charge on any atom is -0.456 e. The van der Waals surface area contributed by atoms with Crippen LogP contribution < -0.4 is 0 Å². The molecule has 0 aromatic carbocycles. The summed E-state index contributed by atoms with van der Waals surface area (Å²) in [5.74, 6) is -3.05. The van der Waals surface area contributed by atoms with E-state index in [0.29, 0.717) is 0 Å². The lowest BCUT2D eigenvalue weighted by atomic mass is 9.97. The molecular weight excluding hydrogens is 354 g/mol. The van der Waals surface area contributed by atoms with E-state index in [0.717, 1.165) is 27.7 Å². The van der Waals surface area contributed by atoms with Gasteiger partial charge in [-0.05, 0) is 5.53 Å². The molecule has 1 heterocycles. The minimum absolute atomic E-state index is 0.323. The Morgan fingerprint density at radius 2 is 1.31 bits per heavy atom. The summed E-state index contributed by atoms with van der Waals surface area (Å²) in [6.45, 7) is 4.05. The summed E-state index contributed by atoms with van der Waals surface area (Å²) in [6, 6.07) is 0. The molecule has 1 aliphatic rings. The Balaban J connectivity index is 3.32. The molecule has 1 aliphatic heterocycles. The molecule has 5 atom stereocenters. The van der Waals surface area contributed by atoms with Crippen LogP contribution in [0.15, 0.2) is 5.11 Å². The van der Waals surface area contributed by atoms with E-state index in [1.54, 1.807) is 0 Å². The first-order valence-corrected chi connectivity index (χ1v) is 7.51. The molecule has 1 unspecified atom stereocenters. The summed E-state index contributed by atoms with van der Waals surface area (Å²) >= 11 is 0. The molecule has 1 rings (SSSR count). The predicted octanol–water partition coefficient (Wildman–Crippen LogP) is 0.380. The Kier molecular flexibility index (Phi) is 7.81. The molecule has 12 nitrogen and oxygen atoms in total. The van der Waals surface area contributed by atoms with Crippen molar-refractivity contribution in [1.29, 1.82) is 0 Å². The van der Waals surface area contributed by atoms with Crippen LogP contribution in [0.25, 0.3) is 10.4 Å². The molecule has 1 fully saturated rings. The number of rotatable bonds is 6. The first-order chi connectivity index (χ1) is 12.1. The van der Waals surface area contributed by atoms with E-state index in [2.05, 4.69) is 10.0 Å². The van der Waals surface area contributed by atoms with E-state index in [9.17, 15) is 19.2 Å². The third-order valence-electron chi connectivity index (χ3n) is 3.10. The van der Waals surface area contributed by atoms with Gasteiger partial charge in [-0.3, -0.25) is 19.2 Å². The molecule has 0 bridgehead atoms. The van der Waals surface area contributed by atoms with Gasteiger partial charge < -0.3 is 23.7 Å². The zero-order chi connectivity index (χ0) is 19.9. The highest BCUT2D eigenvalue weighted by Gasteiger charge is 2.52. The van der Waals surface area contributed by atoms with Crippen LogP contribution >= 0.6 is 0 Å².